The maximum absolute atomic E-state index is 12.6. The van der Waals surface area contributed by atoms with Crippen molar-refractivity contribution >= 4 is 31.7 Å². The second-order valence-electron chi connectivity index (χ2n) is 9.14. The average Bonchev–Trinajstić information content (AvgIpc) is 3.09. The van der Waals surface area contributed by atoms with Crippen LogP contribution in [0, 0.1) is 6.92 Å². The lowest BCUT2D eigenvalue weighted by atomic mass is 10.0. The number of nitrogens with zero attached hydrogens (tertiary/aromatic N) is 1. The van der Waals surface area contributed by atoms with Gasteiger partial charge >= 0.3 is 0 Å². The number of ether oxygens (including phenoxy) is 2. The Morgan fingerprint density at radius 1 is 1.03 bits per heavy atom. The molecule has 0 spiro atoms. The molecule has 2 aromatic carbocycles. The summed E-state index contributed by atoms with van der Waals surface area (Å²) in [5.41, 5.74) is 2.26. The third-order valence-corrected chi connectivity index (χ3v) is 6.88. The Morgan fingerprint density at radius 3 is 2.28 bits per heavy atom. The molecule has 0 aliphatic heterocycles. The SMILES string of the molecule is Cc1ccc(S(=O)(=O)OC[C@H](C)c2ccc(OC(C)(C)C)c3nc(OC(C)C)sc23)cc1. The zero-order chi connectivity index (χ0) is 23.7. The van der Waals surface area contributed by atoms with E-state index in [0.717, 1.165) is 15.8 Å². The van der Waals surface area contributed by atoms with Crippen molar-refractivity contribution in [3.8, 4) is 10.9 Å². The molecular weight excluding hydrogens is 446 g/mol. The molecule has 0 aliphatic rings. The Bertz CT molecular complexity index is 1180. The highest BCUT2D eigenvalue weighted by atomic mass is 32.2. The Morgan fingerprint density at radius 2 is 1.69 bits per heavy atom. The molecule has 174 valence electrons. The monoisotopic (exact) mass is 477 g/mol. The molecule has 32 heavy (non-hydrogen) atoms. The molecule has 0 N–H and O–H groups in total. The highest BCUT2D eigenvalue weighted by Gasteiger charge is 2.23. The second-order valence-corrected chi connectivity index (χ2v) is 11.7. The second kappa shape index (κ2) is 9.37. The predicted octanol–water partition coefficient (Wildman–Crippen LogP) is 6.08. The Labute approximate surface area is 194 Å². The predicted molar refractivity (Wildman–Crippen MR) is 128 cm³/mol. The van der Waals surface area contributed by atoms with Crippen molar-refractivity contribution in [1.82, 2.24) is 4.98 Å². The number of hydrogen-bond donors (Lipinski definition) is 0. The van der Waals surface area contributed by atoms with E-state index < -0.39 is 10.1 Å². The summed E-state index contributed by atoms with van der Waals surface area (Å²) in [7, 11) is -3.84. The smallest absolute Gasteiger partial charge is 0.296 e. The van der Waals surface area contributed by atoms with Gasteiger partial charge < -0.3 is 9.47 Å². The summed E-state index contributed by atoms with van der Waals surface area (Å²) in [5, 5.41) is 0.557. The van der Waals surface area contributed by atoms with Crippen LogP contribution in [0.25, 0.3) is 10.2 Å². The van der Waals surface area contributed by atoms with Crippen molar-refractivity contribution in [3.05, 3.63) is 47.5 Å². The fourth-order valence-corrected chi connectivity index (χ4v) is 5.26. The first kappa shape index (κ1) is 24.5. The average molecular weight is 478 g/mol. The van der Waals surface area contributed by atoms with E-state index in [-0.39, 0.29) is 29.1 Å². The molecule has 6 nitrogen and oxygen atoms in total. The van der Waals surface area contributed by atoms with Gasteiger partial charge in [-0.2, -0.15) is 13.4 Å². The van der Waals surface area contributed by atoms with E-state index in [9.17, 15) is 8.42 Å². The Hall–Kier alpha value is -2.16. The maximum Gasteiger partial charge on any atom is 0.296 e. The van der Waals surface area contributed by atoms with Crippen LogP contribution in [0.15, 0.2) is 41.3 Å². The summed E-state index contributed by atoms with van der Waals surface area (Å²) >= 11 is 1.43. The van der Waals surface area contributed by atoms with Gasteiger partial charge in [-0.15, -0.1) is 0 Å². The van der Waals surface area contributed by atoms with E-state index in [0.29, 0.717) is 16.5 Å². The van der Waals surface area contributed by atoms with Crippen LogP contribution in [0.2, 0.25) is 0 Å². The lowest BCUT2D eigenvalue weighted by Crippen LogP contribution is -2.23. The van der Waals surface area contributed by atoms with E-state index in [1.807, 2.05) is 60.6 Å². The minimum Gasteiger partial charge on any atom is -0.486 e. The fraction of sp³-hybridized carbons (Fsp3) is 0.458. The van der Waals surface area contributed by atoms with Gasteiger partial charge in [-0.25, -0.2) is 0 Å². The number of aromatic nitrogens is 1. The number of aryl methyl sites for hydroxylation is 1. The van der Waals surface area contributed by atoms with Crippen LogP contribution in [-0.2, 0) is 14.3 Å². The number of benzene rings is 2. The van der Waals surface area contributed by atoms with Crippen LogP contribution >= 0.6 is 11.3 Å². The van der Waals surface area contributed by atoms with Gasteiger partial charge in [-0.3, -0.25) is 4.18 Å². The molecule has 8 heteroatoms. The number of thiazole rings is 1. The molecular formula is C24H31NO5S2. The summed E-state index contributed by atoms with van der Waals surface area (Å²) in [6, 6.07) is 10.5. The molecule has 3 aromatic rings. The van der Waals surface area contributed by atoms with Gasteiger partial charge in [0.1, 0.15) is 16.9 Å². The van der Waals surface area contributed by atoms with Crippen molar-refractivity contribution in [2.75, 3.05) is 6.61 Å². The summed E-state index contributed by atoms with van der Waals surface area (Å²) in [5.74, 6) is 0.486. The highest BCUT2D eigenvalue weighted by molar-refractivity contribution is 7.86. The van der Waals surface area contributed by atoms with Gasteiger partial charge in [0.2, 0.25) is 0 Å². The van der Waals surface area contributed by atoms with Crippen LogP contribution in [-0.4, -0.2) is 31.7 Å². The van der Waals surface area contributed by atoms with Crippen LogP contribution in [0.3, 0.4) is 0 Å². The molecule has 3 rings (SSSR count). The summed E-state index contributed by atoms with van der Waals surface area (Å²) in [4.78, 5) is 4.81. The first-order valence-electron chi connectivity index (χ1n) is 10.6. The molecule has 0 bridgehead atoms. The Balaban J connectivity index is 1.90. The molecule has 0 radical (unpaired) electrons. The normalized spacial score (nSPS) is 13.5. The van der Waals surface area contributed by atoms with Gasteiger partial charge in [-0.1, -0.05) is 42.0 Å². The fourth-order valence-electron chi connectivity index (χ4n) is 3.09. The van der Waals surface area contributed by atoms with Gasteiger partial charge in [0.15, 0.2) is 0 Å². The van der Waals surface area contributed by atoms with Gasteiger partial charge in [0.05, 0.1) is 22.3 Å². The van der Waals surface area contributed by atoms with Crippen molar-refractivity contribution in [1.29, 1.82) is 0 Å². The summed E-state index contributed by atoms with van der Waals surface area (Å²) in [6.07, 6.45) is -0.00796. The van der Waals surface area contributed by atoms with E-state index in [4.69, 9.17) is 13.7 Å². The van der Waals surface area contributed by atoms with Gasteiger partial charge in [0.25, 0.3) is 15.3 Å². The van der Waals surface area contributed by atoms with E-state index >= 15 is 0 Å². The third kappa shape index (κ3) is 5.99. The third-order valence-electron chi connectivity index (χ3n) is 4.58. The van der Waals surface area contributed by atoms with Gasteiger partial charge in [0, 0.05) is 5.92 Å². The molecule has 0 saturated carbocycles. The van der Waals surface area contributed by atoms with Crippen LogP contribution in [0.5, 0.6) is 10.9 Å². The lowest BCUT2D eigenvalue weighted by Gasteiger charge is -2.22. The highest BCUT2D eigenvalue weighted by Crippen LogP contribution is 2.40. The summed E-state index contributed by atoms with van der Waals surface area (Å²) in [6.45, 7) is 13.7. The Kier molecular flexibility index (Phi) is 7.17. The summed E-state index contributed by atoms with van der Waals surface area (Å²) < 4.78 is 43.5. The van der Waals surface area contributed by atoms with E-state index in [1.165, 1.54) is 11.3 Å². The number of hydrogen-bond acceptors (Lipinski definition) is 7. The lowest BCUT2D eigenvalue weighted by molar-refractivity contribution is 0.132. The van der Waals surface area contributed by atoms with E-state index in [1.54, 1.807) is 24.3 Å². The topological polar surface area (TPSA) is 74.7 Å². The number of rotatable bonds is 8. The quantitative estimate of drug-likeness (QED) is 0.366. The molecule has 1 aromatic heterocycles. The molecule has 0 unspecified atom stereocenters. The van der Waals surface area contributed by atoms with Crippen LogP contribution in [0.1, 0.15) is 58.6 Å². The number of fused-ring (bicyclic) bond motifs is 1. The molecule has 0 amide bonds. The molecule has 0 aliphatic carbocycles. The minimum absolute atomic E-state index is 0.00796. The molecule has 0 saturated heterocycles. The van der Waals surface area contributed by atoms with Crippen molar-refractivity contribution in [2.45, 2.75) is 71.0 Å². The maximum atomic E-state index is 12.6. The minimum atomic E-state index is -3.84. The first-order valence-corrected chi connectivity index (χ1v) is 12.8. The standard InChI is InChI=1S/C24H31NO5S2/c1-15(2)29-23-25-21-20(30-24(5,6)7)13-12-19(22(21)31-23)17(4)14-28-32(26,27)18-10-8-16(3)9-11-18/h8-13,15,17H,14H2,1-7H3/t17-/m0/s1. The van der Waals surface area contributed by atoms with Crippen molar-refractivity contribution in [2.24, 2.45) is 0 Å². The molecule has 1 heterocycles. The van der Waals surface area contributed by atoms with Crippen molar-refractivity contribution in [3.63, 3.8) is 0 Å². The van der Waals surface area contributed by atoms with Gasteiger partial charge in [-0.05, 0) is 65.3 Å². The zero-order valence-corrected chi connectivity index (χ0v) is 21.3. The van der Waals surface area contributed by atoms with Crippen molar-refractivity contribution < 1.29 is 22.1 Å². The zero-order valence-electron chi connectivity index (χ0n) is 19.6. The molecule has 0 fully saturated rings. The largest absolute Gasteiger partial charge is 0.486 e. The molecule has 1 atom stereocenters. The van der Waals surface area contributed by atoms with E-state index in [2.05, 4.69) is 4.98 Å². The first-order chi connectivity index (χ1) is 14.9. The van der Waals surface area contributed by atoms with Crippen LogP contribution in [0.4, 0.5) is 0 Å². The van der Waals surface area contributed by atoms with Crippen LogP contribution < -0.4 is 9.47 Å².